The highest BCUT2D eigenvalue weighted by molar-refractivity contribution is 7.97. The number of thiol groups is 1. The molecule has 0 spiro atoms. The summed E-state index contributed by atoms with van der Waals surface area (Å²) in [7, 11) is -3.41. The summed E-state index contributed by atoms with van der Waals surface area (Å²) in [6, 6.07) is 16.1. The summed E-state index contributed by atoms with van der Waals surface area (Å²) in [6.07, 6.45) is -3.52. The predicted molar refractivity (Wildman–Crippen MR) is 124 cm³/mol. The van der Waals surface area contributed by atoms with Crippen molar-refractivity contribution in [1.82, 2.24) is 9.78 Å². The molecule has 0 aliphatic rings. The number of rotatable bonds is 5. The number of benzene rings is 2. The fraction of sp³-hybridized carbons (Fsp3) is 0.0909. The first kappa shape index (κ1) is 23.3. The van der Waals surface area contributed by atoms with E-state index in [4.69, 9.17) is 0 Å². The van der Waals surface area contributed by atoms with Crippen LogP contribution in [0.15, 0.2) is 71.6 Å². The van der Waals surface area contributed by atoms with Gasteiger partial charge < -0.3 is 0 Å². The average molecular weight is 509 g/mol. The van der Waals surface area contributed by atoms with Gasteiger partial charge in [0.2, 0.25) is 5.12 Å². The van der Waals surface area contributed by atoms with Crippen LogP contribution in [0.3, 0.4) is 0 Å². The number of nitrogens with zero attached hydrogens (tertiary/aromatic N) is 2. The normalized spacial score (nSPS) is 12.2. The third-order valence-corrected chi connectivity index (χ3v) is 7.27. The van der Waals surface area contributed by atoms with Gasteiger partial charge in [-0.15, -0.1) is 11.3 Å². The number of thiophene rings is 1. The lowest BCUT2D eigenvalue weighted by Crippen LogP contribution is -2.12. The van der Waals surface area contributed by atoms with Gasteiger partial charge in [-0.05, 0) is 48.0 Å². The van der Waals surface area contributed by atoms with Gasteiger partial charge in [0.25, 0.3) is 0 Å². The Labute approximate surface area is 196 Å². The maximum absolute atomic E-state index is 13.6. The Morgan fingerprint density at radius 2 is 1.70 bits per heavy atom. The maximum Gasteiger partial charge on any atom is 0.418 e. The van der Waals surface area contributed by atoms with Gasteiger partial charge in [-0.1, -0.05) is 36.9 Å². The lowest BCUT2D eigenvalue weighted by molar-refractivity contribution is -0.137. The van der Waals surface area contributed by atoms with Gasteiger partial charge in [0, 0.05) is 11.1 Å². The van der Waals surface area contributed by atoms with Crippen molar-refractivity contribution in [2.75, 3.05) is 6.26 Å². The fourth-order valence-corrected chi connectivity index (χ4v) is 5.03. The second-order valence-corrected chi connectivity index (χ2v) is 10.6. The van der Waals surface area contributed by atoms with Crippen molar-refractivity contribution in [3.05, 3.63) is 78.0 Å². The van der Waals surface area contributed by atoms with Crippen molar-refractivity contribution in [3.8, 4) is 26.7 Å². The molecule has 0 unspecified atom stereocenters. The lowest BCUT2D eigenvalue weighted by atomic mass is 10.1. The molecule has 0 fully saturated rings. The van der Waals surface area contributed by atoms with Crippen molar-refractivity contribution in [2.45, 2.75) is 11.1 Å². The molecule has 0 radical (unpaired) electrons. The molecule has 4 rings (SSSR count). The Kier molecular flexibility index (Phi) is 5.97. The predicted octanol–water partition coefficient (Wildman–Crippen LogP) is 5.76. The Hall–Kier alpha value is -2.89. The summed E-state index contributed by atoms with van der Waals surface area (Å²) in [4.78, 5) is 13.2. The first-order valence-corrected chi connectivity index (χ1v) is 12.5. The van der Waals surface area contributed by atoms with Gasteiger partial charge in [-0.3, -0.25) is 4.79 Å². The molecule has 0 amide bonds. The Morgan fingerprint density at radius 1 is 1.00 bits per heavy atom. The van der Waals surface area contributed by atoms with Crippen molar-refractivity contribution < 1.29 is 26.4 Å². The quantitative estimate of drug-likeness (QED) is 0.348. The Bertz CT molecular complexity index is 1470. The largest absolute Gasteiger partial charge is 0.418 e. The summed E-state index contributed by atoms with van der Waals surface area (Å²) in [5, 5.41) is 3.39. The summed E-state index contributed by atoms with van der Waals surface area (Å²) in [6.45, 7) is 0. The molecule has 4 aromatic rings. The molecule has 2 heterocycles. The van der Waals surface area contributed by atoms with E-state index in [1.165, 1.54) is 47.7 Å². The highest BCUT2D eigenvalue weighted by Gasteiger charge is 2.34. The summed E-state index contributed by atoms with van der Waals surface area (Å²) in [5.74, 6) is 0. The smallest absolute Gasteiger partial charge is 0.280 e. The van der Waals surface area contributed by atoms with Crippen LogP contribution in [0.2, 0.25) is 0 Å². The summed E-state index contributed by atoms with van der Waals surface area (Å²) in [5.41, 5.74) is -0.305. The molecule has 11 heteroatoms. The number of carbonyl (C=O) groups is 1. The van der Waals surface area contributed by atoms with Gasteiger partial charge in [-0.25, -0.2) is 13.1 Å². The minimum absolute atomic E-state index is 0.0978. The highest BCUT2D eigenvalue weighted by Crippen LogP contribution is 2.39. The van der Waals surface area contributed by atoms with Crippen LogP contribution in [0.25, 0.3) is 26.7 Å². The molecule has 170 valence electrons. The van der Waals surface area contributed by atoms with Gasteiger partial charge in [0.1, 0.15) is 5.69 Å². The van der Waals surface area contributed by atoms with E-state index in [1.54, 1.807) is 24.3 Å². The number of hydrogen-bond acceptors (Lipinski definition) is 5. The number of halogens is 3. The van der Waals surface area contributed by atoms with Crippen LogP contribution in [0.1, 0.15) is 16.1 Å². The van der Waals surface area contributed by atoms with Crippen LogP contribution in [0.5, 0.6) is 0 Å². The van der Waals surface area contributed by atoms with E-state index in [0.29, 0.717) is 15.3 Å². The third kappa shape index (κ3) is 4.75. The topological polar surface area (TPSA) is 69.0 Å². The molecule has 0 bridgehead atoms. The molecule has 5 nitrogen and oxygen atoms in total. The van der Waals surface area contributed by atoms with Crippen molar-refractivity contribution in [3.63, 3.8) is 0 Å². The zero-order chi connectivity index (χ0) is 24.0. The van der Waals surface area contributed by atoms with E-state index in [9.17, 15) is 26.4 Å². The van der Waals surface area contributed by atoms with E-state index in [1.807, 2.05) is 0 Å². The molecular weight excluding hydrogens is 493 g/mol. The monoisotopic (exact) mass is 508 g/mol. The second-order valence-electron chi connectivity index (χ2n) is 7.11. The highest BCUT2D eigenvalue weighted by atomic mass is 32.2. The molecule has 0 saturated heterocycles. The fourth-order valence-electron chi connectivity index (χ4n) is 3.25. The van der Waals surface area contributed by atoms with E-state index >= 15 is 0 Å². The minimum atomic E-state index is -4.63. The van der Waals surface area contributed by atoms with Gasteiger partial charge in [0.05, 0.1) is 26.7 Å². The Morgan fingerprint density at radius 3 is 2.36 bits per heavy atom. The molecular formula is C22H15F3N2O3S3. The van der Waals surface area contributed by atoms with E-state index < -0.39 is 26.7 Å². The van der Waals surface area contributed by atoms with Crippen molar-refractivity contribution in [1.29, 1.82) is 0 Å². The van der Waals surface area contributed by atoms with Crippen LogP contribution in [-0.4, -0.2) is 29.6 Å². The number of carbonyl (C=O) groups excluding carboxylic acids is 1. The number of alkyl halides is 3. The summed E-state index contributed by atoms with van der Waals surface area (Å²) < 4.78 is 65.7. The SMILES string of the molecule is CS(=O)(=O)c1cccc(-c2ccc(-c3cc(C(=O)S)nn3-c3ccccc3C(F)(F)F)s2)c1. The van der Waals surface area contributed by atoms with Crippen LogP contribution in [-0.2, 0) is 16.0 Å². The number of para-hydroxylation sites is 1. The first-order valence-electron chi connectivity index (χ1n) is 9.36. The minimum Gasteiger partial charge on any atom is -0.280 e. The summed E-state index contributed by atoms with van der Waals surface area (Å²) >= 11 is 5.00. The van der Waals surface area contributed by atoms with Crippen molar-refractivity contribution >= 4 is 38.9 Å². The maximum atomic E-state index is 13.6. The van der Waals surface area contributed by atoms with E-state index in [0.717, 1.165) is 17.0 Å². The molecule has 2 aromatic heterocycles. The molecule has 0 N–H and O–H groups in total. The molecule has 0 atom stereocenters. The van der Waals surface area contributed by atoms with Crippen LogP contribution < -0.4 is 0 Å². The lowest BCUT2D eigenvalue weighted by Gasteiger charge is -2.14. The molecule has 0 saturated carbocycles. The zero-order valence-corrected chi connectivity index (χ0v) is 19.4. The van der Waals surface area contributed by atoms with E-state index in [2.05, 4.69) is 17.7 Å². The Balaban J connectivity index is 1.86. The van der Waals surface area contributed by atoms with Crippen molar-refractivity contribution in [2.24, 2.45) is 0 Å². The van der Waals surface area contributed by atoms with Crippen LogP contribution in [0.4, 0.5) is 13.2 Å². The van der Waals surface area contributed by atoms with Crippen LogP contribution in [0, 0.1) is 0 Å². The molecule has 33 heavy (non-hydrogen) atoms. The molecule has 0 aliphatic carbocycles. The number of hydrogen-bond donors (Lipinski definition) is 1. The number of aromatic nitrogens is 2. The molecule has 2 aromatic carbocycles. The zero-order valence-electron chi connectivity index (χ0n) is 16.9. The first-order chi connectivity index (χ1) is 15.4. The van der Waals surface area contributed by atoms with Gasteiger partial charge in [-0.2, -0.15) is 18.3 Å². The van der Waals surface area contributed by atoms with Crippen LogP contribution >= 0.6 is 24.0 Å². The molecule has 0 aliphatic heterocycles. The number of sulfone groups is 1. The van der Waals surface area contributed by atoms with Gasteiger partial charge in [0.15, 0.2) is 9.84 Å². The van der Waals surface area contributed by atoms with E-state index in [-0.39, 0.29) is 22.0 Å². The van der Waals surface area contributed by atoms with Gasteiger partial charge >= 0.3 is 6.18 Å². The second kappa shape index (κ2) is 8.47. The standard InChI is InChI=1S/C22H15F3N2O3S3/c1-33(29,30)14-6-4-5-13(11-14)19-9-10-20(32-19)18-12-16(21(28)31)26-27(18)17-8-3-2-7-15(17)22(23,24)25/h2-12H,1H3,(H,28,31). The third-order valence-electron chi connectivity index (χ3n) is 4.77. The average Bonchev–Trinajstić information content (AvgIpc) is 3.40.